The van der Waals surface area contributed by atoms with Crippen LogP contribution in [0.25, 0.3) is 0 Å². The third-order valence-electron chi connectivity index (χ3n) is 4.87. The fraction of sp³-hybridized carbons (Fsp3) is 0.227. The zero-order valence-corrected chi connectivity index (χ0v) is 16.8. The summed E-state index contributed by atoms with van der Waals surface area (Å²) in [5.41, 5.74) is 12.2. The minimum absolute atomic E-state index is 0.00115. The molecule has 0 aliphatic heterocycles. The monoisotopic (exact) mass is 391 g/mol. The first-order valence-corrected chi connectivity index (χ1v) is 9.35. The molecule has 1 aromatic carbocycles. The highest BCUT2D eigenvalue weighted by Gasteiger charge is 2.18. The van der Waals surface area contributed by atoms with Crippen LogP contribution in [0.5, 0.6) is 0 Å². The van der Waals surface area contributed by atoms with Crippen molar-refractivity contribution in [2.75, 3.05) is 23.1 Å². The molecule has 0 bridgehead atoms. The highest BCUT2D eigenvalue weighted by Crippen LogP contribution is 2.19. The molecule has 0 saturated carbocycles. The molecule has 3 aromatic rings. The van der Waals surface area contributed by atoms with Gasteiger partial charge in [0, 0.05) is 18.8 Å². The van der Waals surface area contributed by atoms with Gasteiger partial charge in [0.1, 0.15) is 5.82 Å². The molecule has 0 spiro atoms. The number of carbonyl (C=O) groups excluding carboxylic acids is 1. The minimum atomic E-state index is -0.227. The van der Waals surface area contributed by atoms with E-state index in [9.17, 15) is 9.59 Å². The first-order chi connectivity index (χ1) is 13.9. The van der Waals surface area contributed by atoms with E-state index in [1.54, 1.807) is 32.3 Å². The lowest BCUT2D eigenvalue weighted by Crippen LogP contribution is -2.35. The molecule has 0 unspecified atom stereocenters. The molecule has 7 nitrogen and oxygen atoms in total. The number of nitrogens with two attached hydrogens (primary N) is 1. The van der Waals surface area contributed by atoms with Crippen molar-refractivity contribution in [1.82, 2.24) is 9.66 Å². The number of carbonyl (C=O) groups is 1. The van der Waals surface area contributed by atoms with Crippen LogP contribution in [0.2, 0.25) is 0 Å². The highest BCUT2D eigenvalue weighted by atomic mass is 16.2. The van der Waals surface area contributed by atoms with Crippen molar-refractivity contribution in [2.24, 2.45) is 0 Å². The van der Waals surface area contributed by atoms with E-state index in [0.29, 0.717) is 29.3 Å². The zero-order valence-electron chi connectivity index (χ0n) is 16.8. The molecule has 0 radical (unpaired) electrons. The smallest absolute Gasteiger partial charge is 0.272 e. The summed E-state index contributed by atoms with van der Waals surface area (Å²) < 4.78 is 1.43. The van der Waals surface area contributed by atoms with E-state index >= 15 is 0 Å². The Morgan fingerprint density at radius 2 is 1.86 bits per heavy atom. The molecule has 1 amide bonds. The van der Waals surface area contributed by atoms with Crippen molar-refractivity contribution < 1.29 is 4.79 Å². The van der Waals surface area contributed by atoms with E-state index in [1.807, 2.05) is 43.3 Å². The molecule has 0 fully saturated rings. The maximum atomic E-state index is 12.9. The van der Waals surface area contributed by atoms with Gasteiger partial charge >= 0.3 is 0 Å². The fourth-order valence-corrected chi connectivity index (χ4v) is 3.11. The Kier molecular flexibility index (Phi) is 5.97. The van der Waals surface area contributed by atoms with Crippen LogP contribution < -0.4 is 21.6 Å². The Labute approximate surface area is 169 Å². The molecular formula is C22H25N5O2. The number of amides is 1. The molecule has 2 heterocycles. The number of aryl methyl sites for hydroxylation is 2. The van der Waals surface area contributed by atoms with Crippen molar-refractivity contribution in [2.45, 2.75) is 26.8 Å². The van der Waals surface area contributed by atoms with Gasteiger partial charge in [0.25, 0.3) is 5.56 Å². The average Bonchev–Trinajstić information content (AvgIpc) is 2.70. The van der Waals surface area contributed by atoms with E-state index < -0.39 is 0 Å². The van der Waals surface area contributed by atoms with Crippen LogP contribution in [0.4, 0.5) is 11.5 Å². The summed E-state index contributed by atoms with van der Waals surface area (Å²) in [6.07, 6.45) is 1.69. The molecule has 150 valence electrons. The van der Waals surface area contributed by atoms with Gasteiger partial charge in [0.15, 0.2) is 0 Å². The first-order valence-electron chi connectivity index (χ1n) is 9.35. The molecule has 3 rings (SSSR count). The van der Waals surface area contributed by atoms with Gasteiger partial charge in [-0.15, -0.1) is 0 Å². The third-order valence-corrected chi connectivity index (χ3v) is 4.87. The van der Waals surface area contributed by atoms with E-state index in [4.69, 9.17) is 5.73 Å². The third kappa shape index (κ3) is 4.63. The summed E-state index contributed by atoms with van der Waals surface area (Å²) in [5.74, 6) is 0.207. The number of benzene rings is 1. The average molecular weight is 391 g/mol. The number of nitrogens with zero attached hydrogens (tertiary/aromatic N) is 3. The zero-order chi connectivity index (χ0) is 21.0. The van der Waals surface area contributed by atoms with Crippen molar-refractivity contribution in [3.05, 3.63) is 87.5 Å². The molecule has 0 atom stereocenters. The largest absolute Gasteiger partial charge is 0.384 e. The SMILES string of the molecule is Cc1ccn(NCc2ccccc2)c(=O)c1CC(=O)N(C)c1ccc(N)nc1C. The normalized spacial score (nSPS) is 10.6. The Hall–Kier alpha value is -3.61. The molecule has 0 aliphatic carbocycles. The molecule has 3 N–H and O–H groups in total. The van der Waals surface area contributed by atoms with Gasteiger partial charge < -0.3 is 16.1 Å². The Balaban J connectivity index is 1.79. The molecule has 0 aliphatic rings. The van der Waals surface area contributed by atoms with Gasteiger partial charge in [0.2, 0.25) is 5.91 Å². The van der Waals surface area contributed by atoms with Crippen LogP contribution in [0, 0.1) is 13.8 Å². The number of hydrogen-bond donors (Lipinski definition) is 2. The van der Waals surface area contributed by atoms with E-state index in [1.165, 1.54) is 9.58 Å². The Morgan fingerprint density at radius 3 is 2.55 bits per heavy atom. The minimum Gasteiger partial charge on any atom is -0.384 e. The van der Waals surface area contributed by atoms with E-state index in [2.05, 4.69) is 10.4 Å². The number of aromatic nitrogens is 2. The highest BCUT2D eigenvalue weighted by molar-refractivity contribution is 5.94. The van der Waals surface area contributed by atoms with Crippen LogP contribution in [0.1, 0.15) is 22.4 Å². The van der Waals surface area contributed by atoms with Crippen molar-refractivity contribution in [3.8, 4) is 0 Å². The predicted octanol–water partition coefficient (Wildman–Crippen LogP) is 2.39. The summed E-state index contributed by atoms with van der Waals surface area (Å²) in [6.45, 7) is 4.14. The number of hydrogen-bond acceptors (Lipinski definition) is 5. The Bertz CT molecular complexity index is 1080. The summed E-state index contributed by atoms with van der Waals surface area (Å²) in [5, 5.41) is 0. The van der Waals surface area contributed by atoms with Gasteiger partial charge in [-0.1, -0.05) is 30.3 Å². The predicted molar refractivity (Wildman–Crippen MR) is 115 cm³/mol. The maximum Gasteiger partial charge on any atom is 0.272 e. The van der Waals surface area contributed by atoms with Gasteiger partial charge in [-0.3, -0.25) is 9.59 Å². The lowest BCUT2D eigenvalue weighted by atomic mass is 10.1. The molecular weight excluding hydrogens is 366 g/mol. The van der Waals surface area contributed by atoms with Gasteiger partial charge in [0.05, 0.1) is 24.3 Å². The lowest BCUT2D eigenvalue weighted by molar-refractivity contribution is -0.117. The summed E-state index contributed by atoms with van der Waals surface area (Å²) >= 11 is 0. The number of anilines is 2. The first kappa shape index (κ1) is 20.1. The van der Waals surface area contributed by atoms with Crippen molar-refractivity contribution in [3.63, 3.8) is 0 Å². The lowest BCUT2D eigenvalue weighted by Gasteiger charge is -2.20. The van der Waals surface area contributed by atoms with Crippen LogP contribution in [0.15, 0.2) is 59.5 Å². The summed E-state index contributed by atoms with van der Waals surface area (Å²) in [7, 11) is 1.67. The van der Waals surface area contributed by atoms with Crippen LogP contribution >= 0.6 is 0 Å². The Morgan fingerprint density at radius 1 is 1.14 bits per heavy atom. The maximum absolute atomic E-state index is 12.9. The standard InChI is InChI=1S/C22H25N5O2/c1-15-11-12-27(24-14-17-7-5-4-6-8-17)22(29)18(15)13-21(28)26(3)19-9-10-20(23)25-16(19)2/h4-12,24H,13-14H2,1-3H3,(H2,23,25). The fourth-order valence-electron chi connectivity index (χ4n) is 3.11. The van der Waals surface area contributed by atoms with Gasteiger partial charge in [-0.05, 0) is 43.2 Å². The van der Waals surface area contributed by atoms with Crippen LogP contribution in [-0.4, -0.2) is 22.6 Å². The number of nitrogens with one attached hydrogen (secondary N) is 1. The summed E-state index contributed by atoms with van der Waals surface area (Å²) in [4.78, 5) is 31.5. The number of likely N-dealkylation sites (N-methyl/N-ethyl adjacent to an activating group) is 1. The van der Waals surface area contributed by atoms with E-state index in [0.717, 1.165) is 11.1 Å². The number of rotatable bonds is 6. The molecule has 2 aromatic heterocycles. The quantitative estimate of drug-likeness (QED) is 0.673. The van der Waals surface area contributed by atoms with Gasteiger partial charge in [-0.2, -0.15) is 0 Å². The van der Waals surface area contributed by atoms with Crippen molar-refractivity contribution in [1.29, 1.82) is 0 Å². The van der Waals surface area contributed by atoms with E-state index in [-0.39, 0.29) is 17.9 Å². The number of nitrogen functional groups attached to an aromatic ring is 1. The second kappa shape index (κ2) is 8.60. The molecule has 7 heteroatoms. The van der Waals surface area contributed by atoms with Crippen molar-refractivity contribution >= 4 is 17.4 Å². The molecule has 0 saturated heterocycles. The topological polar surface area (TPSA) is 93.2 Å². The second-order valence-electron chi connectivity index (χ2n) is 6.94. The second-order valence-corrected chi connectivity index (χ2v) is 6.94. The van der Waals surface area contributed by atoms with Gasteiger partial charge in [-0.25, -0.2) is 9.66 Å². The summed E-state index contributed by atoms with van der Waals surface area (Å²) in [6, 6.07) is 15.0. The van der Waals surface area contributed by atoms with Crippen LogP contribution in [0.3, 0.4) is 0 Å². The van der Waals surface area contributed by atoms with Crippen LogP contribution in [-0.2, 0) is 17.8 Å². The number of pyridine rings is 2. The molecule has 29 heavy (non-hydrogen) atoms.